The molecule has 0 amide bonds. The molecule has 1 aliphatic heterocycles. The number of rotatable bonds is 4. The molecule has 1 fully saturated rings. The molecule has 1 atom stereocenters. The molecule has 0 radical (unpaired) electrons. The van der Waals surface area contributed by atoms with Crippen LogP contribution in [0.2, 0.25) is 0 Å². The monoisotopic (exact) mass is 330 g/mol. The third-order valence-electron chi connectivity index (χ3n) is 4.40. The summed E-state index contributed by atoms with van der Waals surface area (Å²) in [6.45, 7) is 6.08. The average molecular weight is 330 g/mol. The third kappa shape index (κ3) is 3.24. The number of anilines is 2. The number of likely N-dealkylation sites (N-methyl/N-ethyl adjacent to an activating group) is 1. The minimum absolute atomic E-state index is 0.393. The van der Waals surface area contributed by atoms with Gasteiger partial charge in [0.05, 0.1) is 6.04 Å². The summed E-state index contributed by atoms with van der Waals surface area (Å²) in [6.07, 6.45) is 6.66. The maximum absolute atomic E-state index is 4.73. The van der Waals surface area contributed by atoms with Gasteiger partial charge in [-0.05, 0) is 32.6 Å². The fourth-order valence-corrected chi connectivity index (χ4v) is 3.28. The molecule has 0 aromatic carbocycles. The van der Waals surface area contributed by atoms with E-state index in [0.29, 0.717) is 6.04 Å². The molecule has 1 saturated heterocycles. The number of thioether (sulfide) groups is 1. The summed E-state index contributed by atoms with van der Waals surface area (Å²) < 4.78 is 0. The first-order valence-corrected chi connectivity index (χ1v) is 8.96. The lowest BCUT2D eigenvalue weighted by Crippen LogP contribution is -2.36. The van der Waals surface area contributed by atoms with E-state index >= 15 is 0 Å². The van der Waals surface area contributed by atoms with Gasteiger partial charge in [0.1, 0.15) is 5.82 Å². The van der Waals surface area contributed by atoms with Crippen molar-refractivity contribution < 1.29 is 0 Å². The summed E-state index contributed by atoms with van der Waals surface area (Å²) in [6, 6.07) is 2.24. The first-order valence-electron chi connectivity index (χ1n) is 7.74. The van der Waals surface area contributed by atoms with Gasteiger partial charge in [0.15, 0.2) is 5.16 Å². The lowest BCUT2D eigenvalue weighted by molar-refractivity contribution is 0.673. The number of aryl methyl sites for hydroxylation is 1. The van der Waals surface area contributed by atoms with Crippen LogP contribution in [0.3, 0.4) is 0 Å². The van der Waals surface area contributed by atoms with Crippen molar-refractivity contribution in [3.8, 4) is 0 Å². The largest absolute Gasteiger partial charge is 0.354 e. The van der Waals surface area contributed by atoms with Crippen molar-refractivity contribution in [3.63, 3.8) is 0 Å². The van der Waals surface area contributed by atoms with Gasteiger partial charge >= 0.3 is 0 Å². The van der Waals surface area contributed by atoms with Crippen molar-refractivity contribution in [3.05, 3.63) is 29.7 Å². The van der Waals surface area contributed by atoms with Gasteiger partial charge in [-0.25, -0.2) is 19.9 Å². The maximum Gasteiger partial charge on any atom is 0.225 e. The summed E-state index contributed by atoms with van der Waals surface area (Å²) in [5.41, 5.74) is 2.23. The highest BCUT2D eigenvalue weighted by molar-refractivity contribution is 7.98. The summed E-state index contributed by atoms with van der Waals surface area (Å²) in [5, 5.41) is 0.839. The second kappa shape index (κ2) is 6.70. The predicted molar refractivity (Wildman–Crippen MR) is 94.3 cm³/mol. The van der Waals surface area contributed by atoms with Gasteiger partial charge in [0, 0.05) is 43.8 Å². The Balaban J connectivity index is 1.79. The normalized spacial score (nSPS) is 17.6. The predicted octanol–water partition coefficient (Wildman–Crippen LogP) is 2.32. The first kappa shape index (κ1) is 16.0. The van der Waals surface area contributed by atoms with Crippen molar-refractivity contribution in [2.75, 3.05) is 36.2 Å². The Morgan fingerprint density at radius 2 is 1.96 bits per heavy atom. The molecule has 1 aliphatic rings. The molecule has 0 spiro atoms. The van der Waals surface area contributed by atoms with Crippen LogP contribution in [0.4, 0.5) is 11.8 Å². The van der Waals surface area contributed by atoms with Crippen LogP contribution in [0.1, 0.15) is 17.7 Å². The standard InChI is InChI=1S/C16H22N6S/c1-11-12(2)19-16(23-4)20-14(11)22-9-6-13(10-22)21(3)15-17-7-5-8-18-15/h5,7-8,13H,6,9-10H2,1-4H3. The van der Waals surface area contributed by atoms with Crippen LogP contribution >= 0.6 is 11.8 Å². The molecule has 122 valence electrons. The van der Waals surface area contributed by atoms with E-state index in [-0.39, 0.29) is 0 Å². The summed E-state index contributed by atoms with van der Waals surface area (Å²) >= 11 is 1.59. The van der Waals surface area contributed by atoms with E-state index in [1.54, 1.807) is 24.2 Å². The first-order chi connectivity index (χ1) is 11.1. The molecule has 2 aromatic heterocycles. The highest BCUT2D eigenvalue weighted by Gasteiger charge is 2.29. The third-order valence-corrected chi connectivity index (χ3v) is 4.95. The van der Waals surface area contributed by atoms with E-state index < -0.39 is 0 Å². The van der Waals surface area contributed by atoms with Gasteiger partial charge in [-0.2, -0.15) is 0 Å². The van der Waals surface area contributed by atoms with Gasteiger partial charge in [0.25, 0.3) is 0 Å². The van der Waals surface area contributed by atoms with Crippen LogP contribution in [0.15, 0.2) is 23.6 Å². The van der Waals surface area contributed by atoms with E-state index in [2.05, 4.69) is 45.6 Å². The quantitative estimate of drug-likeness (QED) is 0.630. The van der Waals surface area contributed by atoms with Gasteiger partial charge in [0.2, 0.25) is 5.95 Å². The van der Waals surface area contributed by atoms with Crippen molar-refractivity contribution in [1.29, 1.82) is 0 Å². The Hall–Kier alpha value is -1.89. The van der Waals surface area contributed by atoms with Gasteiger partial charge < -0.3 is 9.80 Å². The average Bonchev–Trinajstić information content (AvgIpc) is 3.07. The molecule has 0 N–H and O–H groups in total. The van der Waals surface area contributed by atoms with Gasteiger partial charge in [-0.15, -0.1) is 0 Å². The Labute approximate surface area is 141 Å². The molecule has 7 heteroatoms. The Bertz CT molecular complexity index is 678. The lowest BCUT2D eigenvalue weighted by Gasteiger charge is -2.25. The SMILES string of the molecule is CSc1nc(C)c(C)c(N2CCC(N(C)c3ncccn3)C2)n1. The van der Waals surface area contributed by atoms with Crippen molar-refractivity contribution in [2.24, 2.45) is 0 Å². The summed E-state index contributed by atoms with van der Waals surface area (Å²) in [4.78, 5) is 22.5. The van der Waals surface area contributed by atoms with Crippen LogP contribution in [0.5, 0.6) is 0 Å². The maximum atomic E-state index is 4.73. The molecule has 0 aliphatic carbocycles. The highest BCUT2D eigenvalue weighted by atomic mass is 32.2. The molecule has 1 unspecified atom stereocenters. The molecular formula is C16H22N6S. The van der Waals surface area contributed by atoms with Crippen molar-refractivity contribution >= 4 is 23.5 Å². The molecule has 0 bridgehead atoms. The van der Waals surface area contributed by atoms with E-state index in [9.17, 15) is 0 Å². The highest BCUT2D eigenvalue weighted by Crippen LogP contribution is 2.27. The zero-order valence-electron chi connectivity index (χ0n) is 14.0. The van der Waals surface area contributed by atoms with Gasteiger partial charge in [-0.3, -0.25) is 0 Å². The second-order valence-electron chi connectivity index (χ2n) is 5.79. The van der Waals surface area contributed by atoms with Gasteiger partial charge in [-0.1, -0.05) is 11.8 Å². The van der Waals surface area contributed by atoms with Crippen LogP contribution in [0, 0.1) is 13.8 Å². The van der Waals surface area contributed by atoms with Crippen molar-refractivity contribution in [2.45, 2.75) is 31.5 Å². The lowest BCUT2D eigenvalue weighted by atomic mass is 10.2. The zero-order valence-corrected chi connectivity index (χ0v) is 14.8. The molecular weight excluding hydrogens is 308 g/mol. The Morgan fingerprint density at radius 1 is 1.22 bits per heavy atom. The van der Waals surface area contributed by atoms with E-state index in [1.807, 2.05) is 12.3 Å². The molecule has 6 nitrogen and oxygen atoms in total. The minimum Gasteiger partial charge on any atom is -0.354 e. The van der Waals surface area contributed by atoms with E-state index in [4.69, 9.17) is 4.98 Å². The summed E-state index contributed by atoms with van der Waals surface area (Å²) in [5.74, 6) is 1.84. The van der Waals surface area contributed by atoms with E-state index in [1.165, 1.54) is 5.56 Å². The van der Waals surface area contributed by atoms with E-state index in [0.717, 1.165) is 42.1 Å². The number of hydrogen-bond acceptors (Lipinski definition) is 7. The Kier molecular flexibility index (Phi) is 4.66. The molecule has 0 saturated carbocycles. The number of aromatic nitrogens is 4. The van der Waals surface area contributed by atoms with Crippen LogP contribution in [0.25, 0.3) is 0 Å². The van der Waals surface area contributed by atoms with Crippen LogP contribution in [-0.4, -0.2) is 52.4 Å². The minimum atomic E-state index is 0.393. The molecule has 3 heterocycles. The number of hydrogen-bond donors (Lipinski definition) is 0. The molecule has 3 rings (SSSR count). The van der Waals surface area contributed by atoms with Crippen molar-refractivity contribution in [1.82, 2.24) is 19.9 Å². The molecule has 23 heavy (non-hydrogen) atoms. The second-order valence-corrected chi connectivity index (χ2v) is 6.57. The summed E-state index contributed by atoms with van der Waals surface area (Å²) in [7, 11) is 2.06. The number of nitrogens with zero attached hydrogens (tertiary/aromatic N) is 6. The fourth-order valence-electron chi connectivity index (χ4n) is 2.87. The zero-order chi connectivity index (χ0) is 16.4. The van der Waals surface area contributed by atoms with Crippen LogP contribution < -0.4 is 9.80 Å². The molecule has 2 aromatic rings. The smallest absolute Gasteiger partial charge is 0.225 e. The fraction of sp³-hybridized carbons (Fsp3) is 0.500. The van der Waals surface area contributed by atoms with Crippen LogP contribution in [-0.2, 0) is 0 Å². The topological polar surface area (TPSA) is 58.0 Å². The Morgan fingerprint density at radius 3 is 2.65 bits per heavy atom.